The highest BCUT2D eigenvalue weighted by Crippen LogP contribution is 2.29. The maximum Gasteiger partial charge on any atom is 0.249 e. The monoisotopic (exact) mass is 379 g/mol. The Labute approximate surface area is 164 Å². The number of aryl methyl sites for hydroxylation is 1. The van der Waals surface area contributed by atoms with Crippen LogP contribution in [0.3, 0.4) is 0 Å². The molecule has 0 aliphatic carbocycles. The van der Waals surface area contributed by atoms with Gasteiger partial charge in [0.2, 0.25) is 11.8 Å². The van der Waals surface area contributed by atoms with E-state index >= 15 is 0 Å². The van der Waals surface area contributed by atoms with Crippen molar-refractivity contribution in [3.05, 3.63) is 42.1 Å². The molecule has 146 valence electrons. The van der Waals surface area contributed by atoms with Gasteiger partial charge in [-0.2, -0.15) is 0 Å². The highest BCUT2D eigenvalue weighted by atomic mass is 16.4. The summed E-state index contributed by atoms with van der Waals surface area (Å²) in [5.74, 6) is 4.08. The van der Waals surface area contributed by atoms with Crippen LogP contribution in [0.5, 0.6) is 0 Å². The number of pyridine rings is 1. The van der Waals surface area contributed by atoms with Crippen LogP contribution in [0.15, 0.2) is 28.9 Å². The number of hydrogen-bond donors (Lipinski definition) is 0. The number of piperidine rings is 1. The molecule has 0 radical (unpaired) electrons. The Bertz CT molecular complexity index is 912. The number of likely N-dealkylation sites (tertiary alicyclic amines) is 1. The molecule has 3 aromatic heterocycles. The fraction of sp³-hybridized carbons (Fsp3) is 0.550. The standard InChI is InChI=1S/C20H25N7O/c1-2-6-17-22-24-19(27(17)10-3-1)15-7-11-26(12-8-15)14-18-23-25-20(28-18)16-5-4-9-21-13-16/h4-5,9,13,15H,1-3,6-8,10-12,14H2. The molecule has 0 bridgehead atoms. The van der Waals surface area contributed by atoms with Crippen LogP contribution in [-0.2, 0) is 19.5 Å². The Hall–Kier alpha value is -2.61. The molecule has 1 saturated heterocycles. The lowest BCUT2D eigenvalue weighted by molar-refractivity contribution is 0.184. The first kappa shape index (κ1) is 17.5. The summed E-state index contributed by atoms with van der Waals surface area (Å²) in [7, 11) is 0. The molecular weight excluding hydrogens is 354 g/mol. The van der Waals surface area contributed by atoms with Crippen LogP contribution in [0.25, 0.3) is 11.5 Å². The number of rotatable bonds is 4. The molecule has 3 aromatic rings. The molecule has 1 fully saturated rings. The van der Waals surface area contributed by atoms with Gasteiger partial charge in [-0.05, 0) is 50.9 Å². The van der Waals surface area contributed by atoms with Gasteiger partial charge in [0.25, 0.3) is 0 Å². The van der Waals surface area contributed by atoms with E-state index < -0.39 is 0 Å². The zero-order valence-corrected chi connectivity index (χ0v) is 16.0. The fourth-order valence-electron chi connectivity index (χ4n) is 4.27. The summed E-state index contributed by atoms with van der Waals surface area (Å²) in [6.45, 7) is 3.80. The molecule has 8 nitrogen and oxygen atoms in total. The van der Waals surface area contributed by atoms with Crippen molar-refractivity contribution >= 4 is 0 Å². The van der Waals surface area contributed by atoms with E-state index in [1.807, 2.05) is 12.1 Å². The molecule has 0 unspecified atom stereocenters. The maximum absolute atomic E-state index is 5.83. The predicted octanol–water partition coefficient (Wildman–Crippen LogP) is 2.83. The molecule has 0 atom stereocenters. The Kier molecular flexibility index (Phi) is 4.86. The molecule has 5 rings (SSSR count). The Morgan fingerprint density at radius 1 is 1.00 bits per heavy atom. The smallest absolute Gasteiger partial charge is 0.249 e. The summed E-state index contributed by atoms with van der Waals surface area (Å²) in [5, 5.41) is 17.4. The highest BCUT2D eigenvalue weighted by molar-refractivity contribution is 5.49. The number of aromatic nitrogens is 6. The molecule has 0 spiro atoms. The summed E-state index contributed by atoms with van der Waals surface area (Å²) in [6.07, 6.45) is 10.5. The van der Waals surface area contributed by atoms with E-state index in [4.69, 9.17) is 4.42 Å². The molecule has 2 aliphatic rings. The van der Waals surface area contributed by atoms with Crippen molar-refractivity contribution < 1.29 is 4.42 Å². The lowest BCUT2D eigenvalue weighted by Gasteiger charge is -2.30. The van der Waals surface area contributed by atoms with Gasteiger partial charge < -0.3 is 8.98 Å². The van der Waals surface area contributed by atoms with Crippen LogP contribution < -0.4 is 0 Å². The van der Waals surface area contributed by atoms with Gasteiger partial charge in [0, 0.05) is 31.3 Å². The van der Waals surface area contributed by atoms with Crippen molar-refractivity contribution in [2.75, 3.05) is 13.1 Å². The van der Waals surface area contributed by atoms with Crippen molar-refractivity contribution in [3.63, 3.8) is 0 Å². The van der Waals surface area contributed by atoms with Gasteiger partial charge in [0.15, 0.2) is 0 Å². The second kappa shape index (κ2) is 7.79. The molecule has 8 heteroatoms. The van der Waals surface area contributed by atoms with Crippen molar-refractivity contribution in [1.82, 2.24) is 34.8 Å². The van der Waals surface area contributed by atoms with Crippen LogP contribution in [0, 0.1) is 0 Å². The summed E-state index contributed by atoms with van der Waals surface area (Å²) in [6, 6.07) is 3.80. The van der Waals surface area contributed by atoms with Gasteiger partial charge in [-0.15, -0.1) is 20.4 Å². The second-order valence-corrected chi connectivity index (χ2v) is 7.73. The molecule has 2 aliphatic heterocycles. The first-order valence-corrected chi connectivity index (χ1v) is 10.2. The number of hydrogen-bond acceptors (Lipinski definition) is 7. The van der Waals surface area contributed by atoms with E-state index in [0.29, 0.717) is 24.2 Å². The van der Waals surface area contributed by atoms with Gasteiger partial charge in [-0.3, -0.25) is 9.88 Å². The minimum absolute atomic E-state index is 0.504. The average molecular weight is 379 g/mol. The quantitative estimate of drug-likeness (QED) is 0.689. The van der Waals surface area contributed by atoms with E-state index in [9.17, 15) is 0 Å². The summed E-state index contributed by atoms with van der Waals surface area (Å²) in [4.78, 5) is 6.49. The van der Waals surface area contributed by atoms with Gasteiger partial charge in [-0.25, -0.2) is 0 Å². The molecule has 28 heavy (non-hydrogen) atoms. The third kappa shape index (κ3) is 3.56. The summed E-state index contributed by atoms with van der Waals surface area (Å²) < 4.78 is 8.22. The van der Waals surface area contributed by atoms with E-state index in [0.717, 1.165) is 44.5 Å². The van der Waals surface area contributed by atoms with Crippen LogP contribution in [0.2, 0.25) is 0 Å². The minimum atomic E-state index is 0.504. The van der Waals surface area contributed by atoms with Crippen molar-refractivity contribution in [2.45, 2.75) is 57.5 Å². The van der Waals surface area contributed by atoms with Crippen LogP contribution >= 0.6 is 0 Å². The molecule has 0 saturated carbocycles. The van der Waals surface area contributed by atoms with Gasteiger partial charge in [0.1, 0.15) is 11.6 Å². The molecule has 0 aromatic carbocycles. The number of nitrogens with zero attached hydrogens (tertiary/aromatic N) is 7. The number of fused-ring (bicyclic) bond motifs is 1. The molecule has 0 N–H and O–H groups in total. The Balaban J connectivity index is 1.20. The predicted molar refractivity (Wildman–Crippen MR) is 102 cm³/mol. The Morgan fingerprint density at radius 2 is 1.93 bits per heavy atom. The third-order valence-corrected chi connectivity index (χ3v) is 5.83. The highest BCUT2D eigenvalue weighted by Gasteiger charge is 2.27. The Morgan fingerprint density at radius 3 is 2.79 bits per heavy atom. The molecular formula is C20H25N7O. The first-order valence-electron chi connectivity index (χ1n) is 10.2. The van der Waals surface area contributed by atoms with Crippen molar-refractivity contribution in [2.24, 2.45) is 0 Å². The second-order valence-electron chi connectivity index (χ2n) is 7.73. The fourth-order valence-corrected chi connectivity index (χ4v) is 4.27. The normalized spacial score (nSPS) is 18.7. The van der Waals surface area contributed by atoms with Crippen LogP contribution in [0.4, 0.5) is 0 Å². The van der Waals surface area contributed by atoms with E-state index in [-0.39, 0.29) is 0 Å². The maximum atomic E-state index is 5.83. The van der Waals surface area contributed by atoms with E-state index in [2.05, 4.69) is 34.8 Å². The molecule has 5 heterocycles. The van der Waals surface area contributed by atoms with Gasteiger partial charge in [-0.1, -0.05) is 6.42 Å². The topological polar surface area (TPSA) is 85.8 Å². The SMILES string of the molecule is c1cncc(-c2nnc(CN3CCC(c4nnc5n4CCCCC5)CC3)o2)c1. The lowest BCUT2D eigenvalue weighted by Crippen LogP contribution is -2.33. The molecule has 0 amide bonds. The van der Waals surface area contributed by atoms with E-state index in [1.165, 1.54) is 30.9 Å². The minimum Gasteiger partial charge on any atom is -0.419 e. The van der Waals surface area contributed by atoms with Crippen LogP contribution in [0.1, 0.15) is 55.6 Å². The lowest BCUT2D eigenvalue weighted by atomic mass is 9.96. The van der Waals surface area contributed by atoms with Gasteiger partial charge in [0.05, 0.1) is 12.1 Å². The van der Waals surface area contributed by atoms with Crippen molar-refractivity contribution in [3.8, 4) is 11.5 Å². The summed E-state index contributed by atoms with van der Waals surface area (Å²) >= 11 is 0. The van der Waals surface area contributed by atoms with E-state index in [1.54, 1.807) is 12.4 Å². The largest absolute Gasteiger partial charge is 0.419 e. The van der Waals surface area contributed by atoms with Crippen LogP contribution in [-0.4, -0.2) is 47.9 Å². The zero-order chi connectivity index (χ0) is 18.8. The third-order valence-electron chi connectivity index (χ3n) is 5.83. The van der Waals surface area contributed by atoms with Gasteiger partial charge >= 0.3 is 0 Å². The first-order chi connectivity index (χ1) is 13.9. The van der Waals surface area contributed by atoms with Crippen molar-refractivity contribution in [1.29, 1.82) is 0 Å². The zero-order valence-electron chi connectivity index (χ0n) is 16.0. The average Bonchev–Trinajstić information content (AvgIpc) is 3.30. The summed E-state index contributed by atoms with van der Waals surface area (Å²) in [5.41, 5.74) is 0.854.